The highest BCUT2D eigenvalue weighted by atomic mass is 127. The zero-order valence-electron chi connectivity index (χ0n) is 13.5. The van der Waals surface area contributed by atoms with Crippen LogP contribution in [-0.4, -0.2) is 22.0 Å². The molecule has 0 amide bonds. The van der Waals surface area contributed by atoms with Crippen LogP contribution >= 0.6 is 22.6 Å². The number of hydrogen-bond donors (Lipinski definition) is 1. The third kappa shape index (κ3) is 4.17. The van der Waals surface area contributed by atoms with Gasteiger partial charge in [0.25, 0.3) is 0 Å². The van der Waals surface area contributed by atoms with Crippen molar-refractivity contribution < 1.29 is 14.4 Å². The molecule has 132 valence electrons. The lowest BCUT2D eigenvalue weighted by Crippen LogP contribution is -2.03. The fraction of sp³-hybridized carbons (Fsp3) is 0.0588. The Labute approximate surface area is 162 Å². The molecule has 1 N–H and O–H groups in total. The van der Waals surface area contributed by atoms with Gasteiger partial charge in [-0.15, -0.1) is 0 Å². The molecule has 0 bridgehead atoms. The Morgan fingerprint density at radius 1 is 1.04 bits per heavy atom. The van der Waals surface area contributed by atoms with Crippen LogP contribution in [0.25, 0.3) is 0 Å². The highest BCUT2D eigenvalue weighted by Gasteiger charge is 2.25. The van der Waals surface area contributed by atoms with Crippen molar-refractivity contribution in [1.29, 1.82) is 0 Å². The van der Waals surface area contributed by atoms with E-state index in [4.69, 9.17) is 9.47 Å². The molecular weight excluding hydrogens is 451 g/mol. The molecule has 26 heavy (non-hydrogen) atoms. The summed E-state index contributed by atoms with van der Waals surface area (Å²) < 4.78 is 11.7. The van der Waals surface area contributed by atoms with E-state index in [1.807, 2.05) is 12.1 Å². The van der Waals surface area contributed by atoms with Gasteiger partial charge in [-0.05, 0) is 71.1 Å². The van der Waals surface area contributed by atoms with E-state index < -0.39 is 4.92 Å². The van der Waals surface area contributed by atoms with E-state index in [0.717, 1.165) is 3.57 Å². The van der Waals surface area contributed by atoms with Gasteiger partial charge in [0, 0.05) is 9.26 Å². The van der Waals surface area contributed by atoms with E-state index in [0.29, 0.717) is 17.2 Å². The predicted octanol–water partition coefficient (Wildman–Crippen LogP) is 4.53. The minimum atomic E-state index is -0.576. The van der Waals surface area contributed by atoms with Crippen molar-refractivity contribution >= 4 is 39.8 Å². The highest BCUT2D eigenvalue weighted by Crippen LogP contribution is 2.35. The molecule has 0 fully saturated rings. The van der Waals surface area contributed by atoms with Crippen LogP contribution in [0.15, 0.2) is 54.9 Å². The molecule has 3 aromatic rings. The Hall–Kier alpha value is -2.95. The molecule has 9 heteroatoms. The second-order valence-corrected chi connectivity index (χ2v) is 6.29. The Kier molecular flexibility index (Phi) is 5.46. The third-order valence-electron chi connectivity index (χ3n) is 3.35. The predicted molar refractivity (Wildman–Crippen MR) is 104 cm³/mol. The van der Waals surface area contributed by atoms with Gasteiger partial charge < -0.3 is 14.8 Å². The number of benzene rings is 2. The summed E-state index contributed by atoms with van der Waals surface area (Å²) in [5, 5.41) is 14.5. The van der Waals surface area contributed by atoms with Crippen LogP contribution in [0, 0.1) is 13.7 Å². The first-order valence-corrected chi connectivity index (χ1v) is 8.48. The van der Waals surface area contributed by atoms with E-state index in [1.54, 1.807) is 43.5 Å². The lowest BCUT2D eigenvalue weighted by atomic mass is 10.3. The Morgan fingerprint density at radius 2 is 1.69 bits per heavy atom. The molecule has 0 unspecified atom stereocenters. The van der Waals surface area contributed by atoms with E-state index in [9.17, 15) is 10.1 Å². The summed E-state index contributed by atoms with van der Waals surface area (Å²) in [6.45, 7) is 0. The fourth-order valence-electron chi connectivity index (χ4n) is 2.12. The van der Waals surface area contributed by atoms with E-state index in [1.165, 1.54) is 6.33 Å². The van der Waals surface area contributed by atoms with Crippen LogP contribution < -0.4 is 14.8 Å². The summed E-state index contributed by atoms with van der Waals surface area (Å²) in [6.07, 6.45) is 1.21. The van der Waals surface area contributed by atoms with Crippen molar-refractivity contribution in [3.8, 4) is 17.4 Å². The smallest absolute Gasteiger partial charge is 0.373 e. The maximum Gasteiger partial charge on any atom is 0.373 e. The van der Waals surface area contributed by atoms with Gasteiger partial charge in [0.05, 0.1) is 12.0 Å². The van der Waals surface area contributed by atoms with E-state index >= 15 is 0 Å². The van der Waals surface area contributed by atoms with Crippen LogP contribution in [0.1, 0.15) is 0 Å². The fourth-order valence-corrected chi connectivity index (χ4v) is 2.48. The number of nitrogens with zero attached hydrogens (tertiary/aromatic N) is 3. The zero-order valence-corrected chi connectivity index (χ0v) is 15.7. The lowest BCUT2D eigenvalue weighted by molar-refractivity contribution is -0.385. The van der Waals surface area contributed by atoms with E-state index in [-0.39, 0.29) is 17.4 Å². The lowest BCUT2D eigenvalue weighted by Gasteiger charge is -2.10. The molecule has 0 atom stereocenters. The van der Waals surface area contributed by atoms with Crippen molar-refractivity contribution in [3.05, 3.63) is 68.5 Å². The first-order valence-electron chi connectivity index (χ1n) is 7.40. The van der Waals surface area contributed by atoms with Crippen molar-refractivity contribution in [2.75, 3.05) is 12.4 Å². The minimum Gasteiger partial charge on any atom is -0.497 e. The van der Waals surface area contributed by atoms with Gasteiger partial charge in [0.1, 0.15) is 17.8 Å². The topological polar surface area (TPSA) is 99.4 Å². The second kappa shape index (κ2) is 7.95. The standard InChI is InChI=1S/C17H13IN4O4/c1-25-13-6-8-14(9-7-13)26-17-15(22(23)24)16(19-10-20-17)21-12-4-2-11(18)3-5-12/h2-10H,1H3,(H,19,20,21). The van der Waals surface area contributed by atoms with Crippen LogP contribution in [0.2, 0.25) is 0 Å². The molecule has 0 saturated carbocycles. The molecular formula is C17H13IN4O4. The van der Waals surface area contributed by atoms with Crippen molar-refractivity contribution in [2.45, 2.75) is 0 Å². The summed E-state index contributed by atoms with van der Waals surface area (Å²) in [7, 11) is 1.55. The monoisotopic (exact) mass is 464 g/mol. The van der Waals surface area contributed by atoms with E-state index in [2.05, 4.69) is 37.9 Å². The summed E-state index contributed by atoms with van der Waals surface area (Å²) >= 11 is 2.18. The van der Waals surface area contributed by atoms with Crippen LogP contribution in [0.5, 0.6) is 17.4 Å². The molecule has 3 rings (SSSR count). The average molecular weight is 464 g/mol. The molecule has 0 saturated heterocycles. The van der Waals surface area contributed by atoms with Crippen molar-refractivity contribution in [1.82, 2.24) is 9.97 Å². The van der Waals surface area contributed by atoms with Gasteiger partial charge in [-0.3, -0.25) is 10.1 Å². The number of halogens is 1. The second-order valence-electron chi connectivity index (χ2n) is 5.04. The number of nitro groups is 1. The first kappa shape index (κ1) is 17.9. The number of methoxy groups -OCH3 is 1. The minimum absolute atomic E-state index is 0.0507. The van der Waals surface area contributed by atoms with Crippen molar-refractivity contribution in [3.63, 3.8) is 0 Å². The SMILES string of the molecule is COc1ccc(Oc2ncnc(Nc3ccc(I)cc3)c2[N+](=O)[O-])cc1. The number of ether oxygens (including phenoxy) is 2. The number of nitrogens with one attached hydrogen (secondary N) is 1. The summed E-state index contributed by atoms with van der Waals surface area (Å²) in [4.78, 5) is 18.9. The number of hydrogen-bond acceptors (Lipinski definition) is 7. The Morgan fingerprint density at radius 3 is 2.31 bits per heavy atom. The molecule has 0 radical (unpaired) electrons. The highest BCUT2D eigenvalue weighted by molar-refractivity contribution is 14.1. The van der Waals surface area contributed by atoms with Crippen LogP contribution in [0.4, 0.5) is 17.2 Å². The number of aromatic nitrogens is 2. The average Bonchev–Trinajstić information content (AvgIpc) is 2.64. The van der Waals surface area contributed by atoms with Gasteiger partial charge in [0.15, 0.2) is 0 Å². The number of anilines is 2. The Bertz CT molecular complexity index is 917. The van der Waals surface area contributed by atoms with Gasteiger partial charge in [-0.1, -0.05) is 0 Å². The molecule has 8 nitrogen and oxygen atoms in total. The van der Waals surface area contributed by atoms with Gasteiger partial charge >= 0.3 is 11.6 Å². The summed E-state index contributed by atoms with van der Waals surface area (Å²) in [5.41, 5.74) is 0.324. The van der Waals surface area contributed by atoms with Crippen LogP contribution in [0.3, 0.4) is 0 Å². The first-order chi connectivity index (χ1) is 12.6. The maximum atomic E-state index is 11.6. The van der Waals surface area contributed by atoms with Gasteiger partial charge in [0.2, 0.25) is 5.82 Å². The molecule has 0 aliphatic rings. The largest absolute Gasteiger partial charge is 0.497 e. The molecule has 2 aromatic carbocycles. The van der Waals surface area contributed by atoms with Gasteiger partial charge in [-0.25, -0.2) is 4.98 Å². The summed E-state index contributed by atoms with van der Waals surface area (Å²) in [6, 6.07) is 14.0. The molecule has 0 spiro atoms. The molecule has 0 aliphatic carbocycles. The van der Waals surface area contributed by atoms with Crippen LogP contribution in [-0.2, 0) is 0 Å². The maximum absolute atomic E-state index is 11.6. The number of rotatable bonds is 6. The van der Waals surface area contributed by atoms with Gasteiger partial charge in [-0.2, -0.15) is 4.98 Å². The zero-order chi connectivity index (χ0) is 18.5. The molecule has 1 aromatic heterocycles. The Balaban J connectivity index is 1.92. The molecule has 1 heterocycles. The quantitative estimate of drug-likeness (QED) is 0.325. The normalized spacial score (nSPS) is 10.2. The third-order valence-corrected chi connectivity index (χ3v) is 4.07. The summed E-state index contributed by atoms with van der Waals surface area (Å²) in [5.74, 6) is 0.946. The molecule has 0 aliphatic heterocycles. The van der Waals surface area contributed by atoms with Crippen molar-refractivity contribution in [2.24, 2.45) is 0 Å².